The highest BCUT2D eigenvalue weighted by Gasteiger charge is 2.29. The molecule has 0 bridgehead atoms. The van der Waals surface area contributed by atoms with Gasteiger partial charge < -0.3 is 15.2 Å². The van der Waals surface area contributed by atoms with Gasteiger partial charge in [0, 0.05) is 11.3 Å². The molecule has 0 aliphatic heterocycles. The van der Waals surface area contributed by atoms with E-state index in [2.05, 4.69) is 11.2 Å². The third kappa shape index (κ3) is 5.11. The summed E-state index contributed by atoms with van der Waals surface area (Å²) in [4.78, 5) is 23.2. The molecule has 0 aliphatic rings. The van der Waals surface area contributed by atoms with E-state index in [1.165, 1.54) is 13.8 Å². The van der Waals surface area contributed by atoms with Crippen LogP contribution < -0.4 is 10.1 Å². The van der Waals surface area contributed by atoms with E-state index >= 15 is 0 Å². The first-order valence-corrected chi connectivity index (χ1v) is 7.68. The van der Waals surface area contributed by atoms with E-state index < -0.39 is 11.6 Å². The molecule has 0 radical (unpaired) electrons. The summed E-state index contributed by atoms with van der Waals surface area (Å²) < 4.78 is 5.43. The molecule has 5 nitrogen and oxygen atoms in total. The van der Waals surface area contributed by atoms with Gasteiger partial charge in [-0.3, -0.25) is 4.79 Å². The summed E-state index contributed by atoms with van der Waals surface area (Å²) in [5.74, 6) is 1.72. The Morgan fingerprint density at radius 1 is 1.20 bits per heavy atom. The van der Waals surface area contributed by atoms with E-state index in [1.807, 2.05) is 0 Å². The van der Waals surface area contributed by atoms with Crippen molar-refractivity contribution in [3.63, 3.8) is 0 Å². The number of ether oxygens (including phenoxy) is 1. The zero-order valence-corrected chi connectivity index (χ0v) is 14.1. The molecule has 1 amide bonds. The van der Waals surface area contributed by atoms with E-state index in [4.69, 9.17) is 16.3 Å². The second-order valence-corrected chi connectivity index (χ2v) is 6.01. The molecule has 25 heavy (non-hydrogen) atoms. The summed E-state index contributed by atoms with van der Waals surface area (Å²) in [5, 5.41) is 11.9. The number of aliphatic carboxylic acids is 1. The van der Waals surface area contributed by atoms with Crippen LogP contribution in [-0.4, -0.2) is 22.6 Å². The predicted octanol–water partition coefficient (Wildman–Crippen LogP) is 3.09. The Hall–Kier alpha value is -3.26. The molecule has 2 aromatic carbocycles. The quantitative estimate of drug-likeness (QED) is 0.794. The number of carbonyl (C=O) groups is 2. The normalized spacial score (nSPS) is 10.6. The lowest BCUT2D eigenvalue weighted by molar-refractivity contribution is -0.152. The van der Waals surface area contributed by atoms with E-state index in [1.54, 1.807) is 48.5 Å². The summed E-state index contributed by atoms with van der Waals surface area (Å²) >= 11 is 0. The maximum atomic E-state index is 12.1. The molecule has 2 aromatic rings. The van der Waals surface area contributed by atoms with Crippen LogP contribution in [0.3, 0.4) is 0 Å². The fraction of sp³-hybridized carbons (Fsp3) is 0.200. The van der Waals surface area contributed by atoms with Gasteiger partial charge in [0.05, 0.1) is 6.42 Å². The van der Waals surface area contributed by atoms with Crippen LogP contribution in [0.4, 0.5) is 5.69 Å². The van der Waals surface area contributed by atoms with Crippen molar-refractivity contribution in [1.29, 1.82) is 0 Å². The first-order chi connectivity index (χ1) is 11.8. The summed E-state index contributed by atoms with van der Waals surface area (Å²) in [6.45, 7) is 2.95. The summed E-state index contributed by atoms with van der Waals surface area (Å²) in [6.07, 6.45) is 5.52. The van der Waals surface area contributed by atoms with Gasteiger partial charge in [0.1, 0.15) is 5.75 Å². The van der Waals surface area contributed by atoms with Gasteiger partial charge in [-0.2, -0.15) is 0 Å². The largest absolute Gasteiger partial charge is 0.478 e. The van der Waals surface area contributed by atoms with Crippen molar-refractivity contribution in [2.45, 2.75) is 25.9 Å². The molecule has 0 saturated carbocycles. The molecule has 0 fully saturated rings. The number of benzene rings is 2. The fourth-order valence-corrected chi connectivity index (χ4v) is 2.09. The average molecular weight is 337 g/mol. The summed E-state index contributed by atoms with van der Waals surface area (Å²) in [6, 6.07) is 13.8. The molecular weight excluding hydrogens is 318 g/mol. The minimum atomic E-state index is -1.32. The Morgan fingerprint density at radius 3 is 2.48 bits per heavy atom. The van der Waals surface area contributed by atoms with Crippen molar-refractivity contribution in [3.05, 3.63) is 59.7 Å². The highest BCUT2D eigenvalue weighted by molar-refractivity contribution is 5.92. The van der Waals surface area contributed by atoms with E-state index in [0.29, 0.717) is 17.0 Å². The molecular formula is C20H19NO4. The van der Waals surface area contributed by atoms with Gasteiger partial charge in [-0.05, 0) is 49.7 Å². The summed E-state index contributed by atoms with van der Waals surface area (Å²) in [5.41, 5.74) is 0.802. The molecule has 0 aliphatic carbocycles. The monoisotopic (exact) mass is 337 g/mol. The van der Waals surface area contributed by atoms with Crippen LogP contribution in [0.2, 0.25) is 0 Å². The first-order valence-electron chi connectivity index (χ1n) is 7.68. The Bertz CT molecular complexity index is 816. The van der Waals surface area contributed by atoms with Crippen LogP contribution in [0, 0.1) is 12.3 Å². The predicted molar refractivity (Wildman–Crippen MR) is 95.5 cm³/mol. The highest BCUT2D eigenvalue weighted by Crippen LogP contribution is 2.20. The van der Waals surface area contributed by atoms with Gasteiger partial charge in [0.2, 0.25) is 5.91 Å². The van der Waals surface area contributed by atoms with Gasteiger partial charge in [0.25, 0.3) is 0 Å². The number of anilines is 1. The zero-order chi connectivity index (χ0) is 18.4. The lowest BCUT2D eigenvalue weighted by Crippen LogP contribution is -2.37. The zero-order valence-electron chi connectivity index (χ0n) is 14.1. The maximum Gasteiger partial charge on any atom is 0.347 e. The molecule has 2 rings (SSSR count). The van der Waals surface area contributed by atoms with Crippen molar-refractivity contribution < 1.29 is 19.4 Å². The standard InChI is InChI=1S/C20H19NO4/c1-4-14-6-5-7-16(12-14)21-18(22)13-15-8-10-17(11-9-15)25-20(2,3)19(23)24/h1,5-12H,13H2,2-3H3,(H,21,22)(H,23,24). The van der Waals surface area contributed by atoms with Crippen LogP contribution in [0.5, 0.6) is 5.75 Å². The second kappa shape index (κ2) is 7.54. The number of carboxylic acid groups (broad SMARTS) is 1. The van der Waals surface area contributed by atoms with Crippen LogP contribution in [0.15, 0.2) is 48.5 Å². The number of carbonyl (C=O) groups excluding carboxylic acids is 1. The van der Waals surface area contributed by atoms with Gasteiger partial charge in [-0.25, -0.2) is 4.79 Å². The molecule has 0 spiro atoms. The SMILES string of the molecule is C#Cc1cccc(NC(=O)Cc2ccc(OC(C)(C)C(=O)O)cc2)c1. The number of carboxylic acids is 1. The minimum Gasteiger partial charge on any atom is -0.478 e. The van der Waals surface area contributed by atoms with Crippen LogP contribution >= 0.6 is 0 Å². The molecule has 128 valence electrons. The van der Waals surface area contributed by atoms with Crippen molar-refractivity contribution in [2.24, 2.45) is 0 Å². The third-order valence-corrected chi connectivity index (χ3v) is 3.49. The molecule has 0 atom stereocenters. The molecule has 0 saturated heterocycles. The molecule has 0 heterocycles. The Kier molecular flexibility index (Phi) is 5.45. The van der Waals surface area contributed by atoms with Crippen molar-refractivity contribution in [2.75, 3.05) is 5.32 Å². The van der Waals surface area contributed by atoms with Gasteiger partial charge in [-0.15, -0.1) is 6.42 Å². The lowest BCUT2D eigenvalue weighted by atomic mass is 10.1. The van der Waals surface area contributed by atoms with Crippen molar-refractivity contribution >= 4 is 17.6 Å². The smallest absolute Gasteiger partial charge is 0.347 e. The number of hydrogen-bond donors (Lipinski definition) is 2. The van der Waals surface area contributed by atoms with E-state index in [9.17, 15) is 9.59 Å². The van der Waals surface area contributed by atoms with Gasteiger partial charge in [0.15, 0.2) is 5.60 Å². The topological polar surface area (TPSA) is 75.6 Å². The third-order valence-electron chi connectivity index (χ3n) is 3.49. The van der Waals surface area contributed by atoms with Crippen LogP contribution in [0.1, 0.15) is 25.0 Å². The number of nitrogens with one attached hydrogen (secondary N) is 1. The Labute approximate surface area is 146 Å². The number of hydrogen-bond acceptors (Lipinski definition) is 3. The maximum absolute atomic E-state index is 12.1. The fourth-order valence-electron chi connectivity index (χ4n) is 2.09. The highest BCUT2D eigenvalue weighted by atomic mass is 16.5. The van der Waals surface area contributed by atoms with Gasteiger partial charge >= 0.3 is 5.97 Å². The molecule has 2 N–H and O–H groups in total. The van der Waals surface area contributed by atoms with Crippen LogP contribution in [0.25, 0.3) is 0 Å². The van der Waals surface area contributed by atoms with Gasteiger partial charge in [-0.1, -0.05) is 24.1 Å². The minimum absolute atomic E-state index is 0.172. The van der Waals surface area contributed by atoms with Crippen molar-refractivity contribution in [1.82, 2.24) is 0 Å². The number of rotatable bonds is 6. The van der Waals surface area contributed by atoms with Crippen molar-refractivity contribution in [3.8, 4) is 18.1 Å². The van der Waals surface area contributed by atoms with E-state index in [0.717, 1.165) is 5.56 Å². The number of terminal acetylenes is 1. The molecule has 0 aromatic heterocycles. The molecule has 5 heteroatoms. The lowest BCUT2D eigenvalue weighted by Gasteiger charge is -2.21. The second-order valence-electron chi connectivity index (χ2n) is 6.01. The summed E-state index contributed by atoms with van der Waals surface area (Å²) in [7, 11) is 0. The average Bonchev–Trinajstić information content (AvgIpc) is 2.56. The van der Waals surface area contributed by atoms with E-state index in [-0.39, 0.29) is 12.3 Å². The Balaban J connectivity index is 1.97. The Morgan fingerprint density at radius 2 is 1.88 bits per heavy atom. The number of amides is 1. The first kappa shape index (κ1) is 18.1. The van der Waals surface area contributed by atoms with Crippen LogP contribution in [-0.2, 0) is 16.0 Å². The molecule has 0 unspecified atom stereocenters.